The molecular formula is C12H13N3O4. The monoisotopic (exact) mass is 263 g/mol. The first-order valence-electron chi connectivity index (χ1n) is 5.66. The van der Waals surface area contributed by atoms with Gasteiger partial charge in [-0.25, -0.2) is 9.48 Å². The number of carboxylic acids is 1. The fourth-order valence-electron chi connectivity index (χ4n) is 1.73. The highest BCUT2D eigenvalue weighted by molar-refractivity contribution is 6.00. The number of aromatic carboxylic acids is 1. The summed E-state index contributed by atoms with van der Waals surface area (Å²) >= 11 is 0. The van der Waals surface area contributed by atoms with Gasteiger partial charge in [-0.05, 0) is 20.3 Å². The van der Waals surface area contributed by atoms with Crippen molar-refractivity contribution in [1.29, 1.82) is 0 Å². The summed E-state index contributed by atoms with van der Waals surface area (Å²) in [7, 11) is 0. The largest absolute Gasteiger partial charge is 0.476 e. The topological polar surface area (TPSA) is 98.2 Å². The molecule has 100 valence electrons. The van der Waals surface area contributed by atoms with E-state index in [9.17, 15) is 9.59 Å². The highest BCUT2D eigenvalue weighted by Gasteiger charge is 2.21. The molecule has 0 bridgehead atoms. The van der Waals surface area contributed by atoms with Crippen molar-refractivity contribution in [3.8, 4) is 0 Å². The minimum Gasteiger partial charge on any atom is -0.476 e. The van der Waals surface area contributed by atoms with Crippen LogP contribution in [0.15, 0.2) is 21.5 Å². The number of rotatable bonds is 4. The van der Waals surface area contributed by atoms with Crippen LogP contribution >= 0.6 is 0 Å². The molecule has 0 amide bonds. The van der Waals surface area contributed by atoms with Crippen LogP contribution in [0.1, 0.15) is 29.6 Å². The summed E-state index contributed by atoms with van der Waals surface area (Å²) in [5, 5.41) is 16.8. The van der Waals surface area contributed by atoms with Crippen molar-refractivity contribution in [1.82, 2.24) is 14.9 Å². The van der Waals surface area contributed by atoms with E-state index >= 15 is 0 Å². The van der Waals surface area contributed by atoms with Gasteiger partial charge in [0.25, 0.3) is 5.56 Å². The second-order valence-corrected chi connectivity index (χ2v) is 4.35. The third kappa shape index (κ3) is 2.26. The van der Waals surface area contributed by atoms with E-state index in [-0.39, 0.29) is 28.9 Å². The van der Waals surface area contributed by atoms with E-state index < -0.39 is 11.5 Å². The molecule has 0 radical (unpaired) electrons. The summed E-state index contributed by atoms with van der Waals surface area (Å²) in [4.78, 5) is 23.3. The van der Waals surface area contributed by atoms with Crippen LogP contribution in [0, 0.1) is 6.92 Å². The van der Waals surface area contributed by atoms with Crippen molar-refractivity contribution >= 4 is 16.9 Å². The molecule has 7 heteroatoms. The Morgan fingerprint density at radius 1 is 1.53 bits per heavy atom. The van der Waals surface area contributed by atoms with Crippen molar-refractivity contribution in [2.45, 2.75) is 26.8 Å². The van der Waals surface area contributed by atoms with Crippen LogP contribution in [0.25, 0.3) is 10.9 Å². The summed E-state index contributed by atoms with van der Waals surface area (Å²) in [6.45, 7) is 7.35. The van der Waals surface area contributed by atoms with E-state index in [2.05, 4.69) is 16.8 Å². The predicted octanol–water partition coefficient (Wildman–Crippen LogP) is 1.36. The molecule has 0 aliphatic heterocycles. The van der Waals surface area contributed by atoms with Gasteiger partial charge in [-0.1, -0.05) is 10.7 Å². The zero-order valence-corrected chi connectivity index (χ0v) is 10.6. The number of aryl methyl sites for hydroxylation is 2. The van der Waals surface area contributed by atoms with Gasteiger partial charge in [-0.15, -0.1) is 6.58 Å². The molecule has 0 unspecified atom stereocenters. The van der Waals surface area contributed by atoms with E-state index in [1.54, 1.807) is 6.92 Å². The molecule has 2 rings (SSSR count). The molecule has 19 heavy (non-hydrogen) atoms. The van der Waals surface area contributed by atoms with Gasteiger partial charge >= 0.3 is 5.97 Å². The molecule has 0 aliphatic rings. The Kier molecular flexibility index (Phi) is 3.20. The van der Waals surface area contributed by atoms with Crippen molar-refractivity contribution in [2.24, 2.45) is 0 Å². The lowest BCUT2D eigenvalue weighted by molar-refractivity contribution is 0.0690. The molecular weight excluding hydrogens is 250 g/mol. The van der Waals surface area contributed by atoms with Gasteiger partial charge in [-0.2, -0.15) is 5.10 Å². The van der Waals surface area contributed by atoms with Crippen LogP contribution in [0.3, 0.4) is 0 Å². The fourth-order valence-corrected chi connectivity index (χ4v) is 1.73. The highest BCUT2D eigenvalue weighted by Crippen LogP contribution is 2.17. The lowest BCUT2D eigenvalue weighted by Gasteiger charge is -2.05. The number of carboxylic acid groups (broad SMARTS) is 1. The summed E-state index contributed by atoms with van der Waals surface area (Å²) in [6.07, 6.45) is 0.536. The predicted molar refractivity (Wildman–Crippen MR) is 67.2 cm³/mol. The maximum absolute atomic E-state index is 12.1. The van der Waals surface area contributed by atoms with Gasteiger partial charge in [0, 0.05) is 6.54 Å². The fraction of sp³-hybridized carbons (Fsp3) is 0.333. The lowest BCUT2D eigenvalue weighted by atomic mass is 10.2. The Hall–Kier alpha value is -2.44. The van der Waals surface area contributed by atoms with Crippen molar-refractivity contribution in [2.75, 3.05) is 0 Å². The molecule has 0 aliphatic carbocycles. The van der Waals surface area contributed by atoms with E-state index in [1.807, 2.05) is 6.92 Å². The third-order valence-corrected chi connectivity index (χ3v) is 2.71. The molecule has 0 fully saturated rings. The average Bonchev–Trinajstić information content (AvgIpc) is 2.71. The second-order valence-electron chi connectivity index (χ2n) is 4.35. The molecule has 0 atom stereocenters. The van der Waals surface area contributed by atoms with Gasteiger partial charge in [0.05, 0.1) is 5.39 Å². The minimum absolute atomic E-state index is 0.00776. The van der Waals surface area contributed by atoms with Gasteiger partial charge in [0.1, 0.15) is 5.76 Å². The highest BCUT2D eigenvalue weighted by atomic mass is 16.5. The first kappa shape index (κ1) is 13.0. The van der Waals surface area contributed by atoms with Crippen molar-refractivity contribution in [3.63, 3.8) is 0 Å². The first-order chi connectivity index (χ1) is 8.91. The van der Waals surface area contributed by atoms with Crippen molar-refractivity contribution < 1.29 is 14.4 Å². The van der Waals surface area contributed by atoms with Crippen LogP contribution in [0.2, 0.25) is 0 Å². The Morgan fingerprint density at radius 2 is 2.21 bits per heavy atom. The molecule has 0 spiro atoms. The Balaban J connectivity index is 2.67. The number of allylic oxidation sites excluding steroid dienone is 1. The minimum atomic E-state index is -1.22. The van der Waals surface area contributed by atoms with E-state index in [0.29, 0.717) is 6.42 Å². The SMILES string of the molecule is C=C(C)CCn1nc(C(=O)O)c2c(C)onc2c1=O. The molecule has 0 saturated heterocycles. The number of aromatic nitrogens is 3. The molecule has 1 N–H and O–H groups in total. The van der Waals surface area contributed by atoms with Crippen LogP contribution in [0.5, 0.6) is 0 Å². The van der Waals surface area contributed by atoms with Gasteiger partial charge < -0.3 is 9.63 Å². The van der Waals surface area contributed by atoms with Crippen molar-refractivity contribution in [3.05, 3.63) is 34.0 Å². The van der Waals surface area contributed by atoms with Gasteiger partial charge in [0.2, 0.25) is 0 Å². The number of nitrogens with zero attached hydrogens (tertiary/aromatic N) is 3. The van der Waals surface area contributed by atoms with E-state index in [1.165, 1.54) is 0 Å². The Labute approximate surface area is 108 Å². The molecule has 2 aromatic heterocycles. The third-order valence-electron chi connectivity index (χ3n) is 2.71. The van der Waals surface area contributed by atoms with Crippen LogP contribution < -0.4 is 5.56 Å². The zero-order valence-electron chi connectivity index (χ0n) is 10.6. The normalized spacial score (nSPS) is 10.8. The maximum Gasteiger partial charge on any atom is 0.357 e. The molecule has 7 nitrogen and oxygen atoms in total. The van der Waals surface area contributed by atoms with E-state index in [0.717, 1.165) is 10.3 Å². The lowest BCUT2D eigenvalue weighted by Crippen LogP contribution is -2.26. The molecule has 0 saturated carbocycles. The number of hydrogen-bond donors (Lipinski definition) is 1. The Morgan fingerprint density at radius 3 is 2.79 bits per heavy atom. The van der Waals surface area contributed by atoms with Gasteiger partial charge in [-0.3, -0.25) is 4.79 Å². The summed E-state index contributed by atoms with van der Waals surface area (Å²) < 4.78 is 5.97. The molecule has 2 heterocycles. The quantitative estimate of drug-likeness (QED) is 0.836. The number of fused-ring (bicyclic) bond motifs is 1. The van der Waals surface area contributed by atoms with Crippen LogP contribution in [0.4, 0.5) is 0 Å². The number of carbonyl (C=O) groups is 1. The maximum atomic E-state index is 12.1. The molecule has 0 aromatic carbocycles. The standard InChI is InChI=1S/C12H13N3O4/c1-6(2)4-5-15-11(16)9-8(7(3)19-14-9)10(13-15)12(17)18/h1,4-5H2,2-3H3,(H,17,18). The zero-order chi connectivity index (χ0) is 14.2. The van der Waals surface area contributed by atoms with Crippen LogP contribution in [-0.2, 0) is 6.54 Å². The van der Waals surface area contributed by atoms with Crippen LogP contribution in [-0.4, -0.2) is 26.0 Å². The van der Waals surface area contributed by atoms with Gasteiger partial charge in [0.15, 0.2) is 11.2 Å². The summed E-state index contributed by atoms with van der Waals surface area (Å²) in [5.41, 5.74) is 0.182. The smallest absolute Gasteiger partial charge is 0.357 e. The first-order valence-corrected chi connectivity index (χ1v) is 5.66. The average molecular weight is 263 g/mol. The summed E-state index contributed by atoms with van der Waals surface area (Å²) in [5.74, 6) is -0.954. The second kappa shape index (κ2) is 4.68. The molecule has 2 aromatic rings. The van der Waals surface area contributed by atoms with E-state index in [4.69, 9.17) is 9.63 Å². The Bertz CT molecular complexity index is 726. The number of hydrogen-bond acceptors (Lipinski definition) is 5. The summed E-state index contributed by atoms with van der Waals surface area (Å²) in [6, 6.07) is 0.